The zero-order chi connectivity index (χ0) is 19.9. The molecule has 2 aromatic carbocycles. The van der Waals surface area contributed by atoms with Crippen molar-refractivity contribution in [2.24, 2.45) is 0 Å². The van der Waals surface area contributed by atoms with Gasteiger partial charge in [-0.2, -0.15) is 0 Å². The fraction of sp³-hybridized carbons (Fsp3) is 0.227. The number of para-hydroxylation sites is 1. The van der Waals surface area contributed by atoms with Crippen LogP contribution in [-0.2, 0) is 6.42 Å². The summed E-state index contributed by atoms with van der Waals surface area (Å²) in [6.07, 6.45) is 0.676. The summed E-state index contributed by atoms with van der Waals surface area (Å²) in [6, 6.07) is 17.2. The van der Waals surface area contributed by atoms with Crippen LogP contribution in [0.25, 0.3) is 0 Å². The van der Waals surface area contributed by atoms with Crippen LogP contribution < -0.4 is 15.4 Å². The molecule has 0 aliphatic heterocycles. The SMILES string of the molecule is COc1ccccc1CCNC(=O)c1ccc(Nc2cccc(C)c2C)nn1. The lowest BCUT2D eigenvalue weighted by Crippen LogP contribution is -2.26. The summed E-state index contributed by atoms with van der Waals surface area (Å²) in [5.74, 6) is 1.17. The summed E-state index contributed by atoms with van der Waals surface area (Å²) in [7, 11) is 1.64. The van der Waals surface area contributed by atoms with E-state index in [-0.39, 0.29) is 11.6 Å². The number of aromatic nitrogens is 2. The molecule has 1 aromatic heterocycles. The van der Waals surface area contributed by atoms with Crippen LogP contribution in [-0.4, -0.2) is 29.8 Å². The summed E-state index contributed by atoms with van der Waals surface area (Å²) < 4.78 is 5.32. The number of nitrogens with zero attached hydrogens (tertiary/aromatic N) is 2. The van der Waals surface area contributed by atoms with E-state index in [1.165, 1.54) is 5.56 Å². The number of rotatable bonds is 7. The smallest absolute Gasteiger partial charge is 0.271 e. The maximum absolute atomic E-state index is 12.3. The van der Waals surface area contributed by atoms with E-state index in [4.69, 9.17) is 4.74 Å². The maximum Gasteiger partial charge on any atom is 0.271 e. The Bertz CT molecular complexity index is 955. The predicted molar refractivity (Wildman–Crippen MR) is 110 cm³/mol. The van der Waals surface area contributed by atoms with Crippen molar-refractivity contribution in [1.82, 2.24) is 15.5 Å². The van der Waals surface area contributed by atoms with Crippen LogP contribution in [0.2, 0.25) is 0 Å². The topological polar surface area (TPSA) is 76.1 Å². The molecule has 0 radical (unpaired) electrons. The van der Waals surface area contributed by atoms with Crippen LogP contribution >= 0.6 is 0 Å². The molecule has 0 fully saturated rings. The fourth-order valence-electron chi connectivity index (χ4n) is 2.86. The normalized spacial score (nSPS) is 10.4. The van der Waals surface area contributed by atoms with Crippen molar-refractivity contribution < 1.29 is 9.53 Å². The van der Waals surface area contributed by atoms with Gasteiger partial charge in [-0.05, 0) is 61.2 Å². The van der Waals surface area contributed by atoms with Gasteiger partial charge in [-0.3, -0.25) is 4.79 Å². The van der Waals surface area contributed by atoms with Gasteiger partial charge >= 0.3 is 0 Å². The summed E-state index contributed by atoms with van der Waals surface area (Å²) in [6.45, 7) is 4.60. The quantitative estimate of drug-likeness (QED) is 0.656. The van der Waals surface area contributed by atoms with Crippen molar-refractivity contribution in [3.8, 4) is 5.75 Å². The highest BCUT2D eigenvalue weighted by atomic mass is 16.5. The number of methoxy groups -OCH3 is 1. The molecule has 28 heavy (non-hydrogen) atoms. The second-order valence-corrected chi connectivity index (χ2v) is 6.49. The van der Waals surface area contributed by atoms with E-state index in [0.29, 0.717) is 18.8 Å². The first-order valence-corrected chi connectivity index (χ1v) is 9.15. The molecule has 0 saturated carbocycles. The lowest BCUT2D eigenvalue weighted by atomic mass is 10.1. The first kappa shape index (κ1) is 19.4. The molecule has 0 bridgehead atoms. The molecule has 0 atom stereocenters. The van der Waals surface area contributed by atoms with Gasteiger partial charge in [-0.15, -0.1) is 10.2 Å². The molecular weight excluding hydrogens is 352 g/mol. The molecule has 6 heteroatoms. The lowest BCUT2D eigenvalue weighted by molar-refractivity contribution is 0.0948. The van der Waals surface area contributed by atoms with Crippen molar-refractivity contribution in [3.63, 3.8) is 0 Å². The minimum atomic E-state index is -0.249. The molecule has 2 N–H and O–H groups in total. The van der Waals surface area contributed by atoms with Crippen molar-refractivity contribution in [1.29, 1.82) is 0 Å². The number of benzene rings is 2. The molecular formula is C22H24N4O2. The second-order valence-electron chi connectivity index (χ2n) is 6.49. The number of hydrogen-bond acceptors (Lipinski definition) is 5. The Kier molecular flexibility index (Phi) is 6.22. The third kappa shape index (κ3) is 4.65. The van der Waals surface area contributed by atoms with Crippen molar-refractivity contribution in [2.45, 2.75) is 20.3 Å². The molecule has 6 nitrogen and oxygen atoms in total. The highest BCUT2D eigenvalue weighted by molar-refractivity contribution is 5.92. The van der Waals surface area contributed by atoms with Crippen LogP contribution in [0.5, 0.6) is 5.75 Å². The Morgan fingerprint density at radius 1 is 1.00 bits per heavy atom. The minimum Gasteiger partial charge on any atom is -0.496 e. The first-order chi connectivity index (χ1) is 13.6. The van der Waals surface area contributed by atoms with Gasteiger partial charge in [0.15, 0.2) is 11.5 Å². The molecule has 0 spiro atoms. The molecule has 144 valence electrons. The number of anilines is 2. The van der Waals surface area contributed by atoms with Crippen LogP contribution in [0.1, 0.15) is 27.2 Å². The first-order valence-electron chi connectivity index (χ1n) is 9.15. The van der Waals surface area contributed by atoms with Crippen LogP contribution in [0, 0.1) is 13.8 Å². The summed E-state index contributed by atoms with van der Waals surface area (Å²) in [5.41, 5.74) is 4.66. The Morgan fingerprint density at radius 3 is 2.57 bits per heavy atom. The molecule has 1 heterocycles. The molecule has 0 unspecified atom stereocenters. The van der Waals surface area contributed by atoms with E-state index in [1.807, 2.05) is 36.4 Å². The number of nitrogens with one attached hydrogen (secondary N) is 2. The monoisotopic (exact) mass is 376 g/mol. The Morgan fingerprint density at radius 2 is 1.82 bits per heavy atom. The van der Waals surface area contributed by atoms with Crippen LogP contribution in [0.15, 0.2) is 54.6 Å². The number of hydrogen-bond donors (Lipinski definition) is 2. The Hall–Kier alpha value is -3.41. The van der Waals surface area contributed by atoms with Gasteiger partial charge in [0.25, 0.3) is 5.91 Å². The van der Waals surface area contributed by atoms with Gasteiger partial charge in [0.1, 0.15) is 5.75 Å². The Labute approximate surface area is 165 Å². The number of carbonyl (C=O) groups is 1. The predicted octanol–water partition coefficient (Wildman–Crippen LogP) is 3.82. The van der Waals surface area contributed by atoms with Crippen molar-refractivity contribution >= 4 is 17.4 Å². The zero-order valence-corrected chi connectivity index (χ0v) is 16.3. The number of ether oxygens (including phenoxy) is 1. The molecule has 0 aliphatic carbocycles. The molecule has 0 saturated heterocycles. The van der Waals surface area contributed by atoms with E-state index in [2.05, 4.69) is 40.7 Å². The average Bonchev–Trinajstić information content (AvgIpc) is 2.72. The van der Waals surface area contributed by atoms with E-state index in [0.717, 1.165) is 22.6 Å². The number of carbonyl (C=O) groups excluding carboxylic acids is 1. The third-order valence-corrected chi connectivity index (χ3v) is 4.64. The molecule has 3 aromatic rings. The standard InChI is InChI=1S/C22H24N4O2/c1-15-7-6-9-18(16(15)2)24-21-12-11-19(25-26-21)22(27)23-14-13-17-8-4-5-10-20(17)28-3/h4-12H,13-14H2,1-3H3,(H,23,27)(H,24,26). The molecule has 0 aliphatic rings. The molecule has 1 amide bonds. The fourth-order valence-corrected chi connectivity index (χ4v) is 2.86. The minimum absolute atomic E-state index is 0.249. The third-order valence-electron chi connectivity index (χ3n) is 4.64. The van der Waals surface area contributed by atoms with Crippen LogP contribution in [0.4, 0.5) is 11.5 Å². The van der Waals surface area contributed by atoms with Gasteiger partial charge < -0.3 is 15.4 Å². The summed E-state index contributed by atoms with van der Waals surface area (Å²) in [4.78, 5) is 12.3. The van der Waals surface area contributed by atoms with Gasteiger partial charge in [0.2, 0.25) is 0 Å². The van der Waals surface area contributed by atoms with Gasteiger partial charge in [0.05, 0.1) is 7.11 Å². The highest BCUT2D eigenvalue weighted by Crippen LogP contribution is 2.21. The Balaban J connectivity index is 1.57. The van der Waals surface area contributed by atoms with Crippen molar-refractivity contribution in [2.75, 3.05) is 19.0 Å². The second kappa shape index (κ2) is 8.99. The van der Waals surface area contributed by atoms with E-state index in [9.17, 15) is 4.79 Å². The summed E-state index contributed by atoms with van der Waals surface area (Å²) >= 11 is 0. The summed E-state index contributed by atoms with van der Waals surface area (Å²) in [5, 5.41) is 14.3. The van der Waals surface area contributed by atoms with E-state index in [1.54, 1.807) is 19.2 Å². The highest BCUT2D eigenvalue weighted by Gasteiger charge is 2.09. The molecule has 3 rings (SSSR count). The van der Waals surface area contributed by atoms with E-state index >= 15 is 0 Å². The van der Waals surface area contributed by atoms with Gasteiger partial charge in [-0.1, -0.05) is 30.3 Å². The number of aryl methyl sites for hydroxylation is 1. The van der Waals surface area contributed by atoms with Gasteiger partial charge in [-0.25, -0.2) is 0 Å². The average molecular weight is 376 g/mol. The van der Waals surface area contributed by atoms with E-state index < -0.39 is 0 Å². The van der Waals surface area contributed by atoms with Gasteiger partial charge in [0, 0.05) is 12.2 Å². The largest absolute Gasteiger partial charge is 0.496 e. The maximum atomic E-state index is 12.3. The zero-order valence-electron chi connectivity index (χ0n) is 16.3. The number of amides is 1. The van der Waals surface area contributed by atoms with Crippen LogP contribution in [0.3, 0.4) is 0 Å². The van der Waals surface area contributed by atoms with Crippen molar-refractivity contribution in [3.05, 3.63) is 77.0 Å². The lowest BCUT2D eigenvalue weighted by Gasteiger charge is -2.11.